The summed E-state index contributed by atoms with van der Waals surface area (Å²) in [7, 11) is -12.9. The molecular weight excluding hydrogens is 475 g/mol. The first kappa shape index (κ1) is 29.5. The van der Waals surface area contributed by atoms with Crippen molar-refractivity contribution >= 4 is 41.9 Å². The van der Waals surface area contributed by atoms with Crippen LogP contribution in [0.1, 0.15) is 13.8 Å². The topological polar surface area (TPSA) is 175 Å². The molecule has 12 nitrogen and oxygen atoms in total. The van der Waals surface area contributed by atoms with Crippen LogP contribution in [0.4, 0.5) is 0 Å². The van der Waals surface area contributed by atoms with E-state index < -0.39 is 64.7 Å². The average molecular weight is 499 g/mol. The molecule has 2 amide bonds. The summed E-state index contributed by atoms with van der Waals surface area (Å²) in [4.78, 5) is 27.2. The molecule has 2 unspecified atom stereocenters. The van der Waals surface area contributed by atoms with Crippen LogP contribution in [-0.2, 0) is 43.8 Å². The van der Waals surface area contributed by atoms with Crippen LogP contribution in [0.2, 0.25) is 0 Å². The minimum absolute atomic E-state index is 0. The molecule has 0 bridgehead atoms. The van der Waals surface area contributed by atoms with E-state index in [1.165, 1.54) is 16.7 Å². The number of piperazine rings is 1. The Kier molecular flexibility index (Phi) is 11.1. The molecule has 0 aromatic heterocycles. The molecule has 168 valence electrons. The van der Waals surface area contributed by atoms with Crippen molar-refractivity contribution in [1.82, 2.24) is 9.80 Å². The van der Waals surface area contributed by atoms with Crippen LogP contribution in [0, 0.1) is 0 Å². The van der Waals surface area contributed by atoms with Gasteiger partial charge in [0.15, 0.2) is 19.7 Å². The van der Waals surface area contributed by atoms with Gasteiger partial charge < -0.3 is 14.4 Å². The Morgan fingerprint density at radius 1 is 0.967 bits per heavy atom. The van der Waals surface area contributed by atoms with E-state index in [0.29, 0.717) is 5.41 Å². The fraction of sp³-hybridized carbons (Fsp3) is 0.714. The zero-order valence-corrected chi connectivity index (χ0v) is 21.3. The maximum atomic E-state index is 12.4. The predicted octanol–water partition coefficient (Wildman–Crippen LogP) is -5.11. The predicted molar refractivity (Wildman–Crippen MR) is 101 cm³/mol. The van der Waals surface area contributed by atoms with Crippen molar-refractivity contribution in [2.75, 3.05) is 38.5 Å². The van der Waals surface area contributed by atoms with Gasteiger partial charge >= 0.3 is 29.6 Å². The third-order valence-electron chi connectivity index (χ3n) is 4.46. The van der Waals surface area contributed by atoms with E-state index in [2.05, 4.69) is 10.8 Å². The molecule has 16 heteroatoms. The number of carbonyl (C=O) groups excluding carboxylic acids is 2. The normalized spacial score (nSPS) is 17.6. The van der Waals surface area contributed by atoms with Gasteiger partial charge in [0.25, 0.3) is 0 Å². The van der Waals surface area contributed by atoms with Crippen molar-refractivity contribution in [1.29, 1.82) is 0 Å². The van der Waals surface area contributed by atoms with Gasteiger partial charge in [-0.2, -0.15) is 0 Å². The molecule has 0 N–H and O–H groups in total. The quantitative estimate of drug-likeness (QED) is 0.170. The molecule has 2 atom stereocenters. The Bertz CT molecular complexity index is 954. The largest absolute Gasteiger partial charge is 1.00 e. The fourth-order valence-corrected chi connectivity index (χ4v) is 4.77. The second kappa shape index (κ2) is 11.4. The molecule has 0 spiro atoms. The van der Waals surface area contributed by atoms with E-state index in [0.717, 1.165) is 6.92 Å². The third kappa shape index (κ3) is 8.18. The molecular formula is C14H23N2NaO10S3. The molecule has 0 radical (unpaired) electrons. The molecule has 1 rings (SSSR count). The molecule has 0 aromatic carbocycles. The first-order chi connectivity index (χ1) is 13.1. The van der Waals surface area contributed by atoms with Gasteiger partial charge in [0.2, 0.25) is 22.2 Å². The van der Waals surface area contributed by atoms with Crippen molar-refractivity contribution in [2.45, 2.75) is 24.3 Å². The zero-order valence-electron chi connectivity index (χ0n) is 16.9. The van der Waals surface area contributed by atoms with E-state index in [9.17, 15) is 39.4 Å². The Morgan fingerprint density at radius 3 is 1.73 bits per heavy atom. The summed E-state index contributed by atoms with van der Waals surface area (Å²) in [6.07, 6.45) is 0. The molecule has 1 heterocycles. The van der Waals surface area contributed by atoms with Crippen LogP contribution in [-0.4, -0.2) is 100 Å². The van der Waals surface area contributed by atoms with Crippen molar-refractivity contribution in [3.8, 4) is 0 Å². The van der Waals surface area contributed by atoms with Gasteiger partial charge in [-0.25, -0.2) is 25.3 Å². The Hall–Kier alpha value is -0.550. The van der Waals surface area contributed by atoms with Crippen LogP contribution in [0.15, 0.2) is 12.0 Å². The van der Waals surface area contributed by atoms with Crippen molar-refractivity contribution < 1.29 is 73.1 Å². The molecule has 0 aliphatic carbocycles. The van der Waals surface area contributed by atoms with Gasteiger partial charge in [-0.15, -0.1) is 0 Å². The Morgan fingerprint density at radius 2 is 1.37 bits per heavy atom. The zero-order chi connectivity index (χ0) is 22.6. The van der Waals surface area contributed by atoms with Crippen LogP contribution < -0.4 is 29.6 Å². The minimum Gasteiger partial charge on any atom is -0.726 e. The second-order valence-electron chi connectivity index (χ2n) is 6.29. The number of nitrogens with zero attached hydrogens (tertiary/aromatic N) is 2. The summed E-state index contributed by atoms with van der Waals surface area (Å²) in [5.74, 6) is -2.24. The number of amides is 2. The van der Waals surface area contributed by atoms with E-state index in [1.807, 2.05) is 0 Å². The molecule has 1 aliphatic rings. The smallest absolute Gasteiger partial charge is 0.726 e. The van der Waals surface area contributed by atoms with Gasteiger partial charge in [-0.1, -0.05) is 6.58 Å². The van der Waals surface area contributed by atoms with Crippen molar-refractivity contribution in [3.05, 3.63) is 12.0 Å². The summed E-state index contributed by atoms with van der Waals surface area (Å²) in [6, 6.07) is 0. The number of rotatable bonds is 9. The first-order valence-electron chi connectivity index (χ1n) is 8.38. The minimum atomic E-state index is -5.04. The summed E-state index contributed by atoms with van der Waals surface area (Å²) < 4.78 is 82.7. The number of carbonyl (C=O) groups is 2. The van der Waals surface area contributed by atoms with Crippen molar-refractivity contribution in [2.24, 2.45) is 0 Å². The molecule has 0 aromatic rings. The van der Waals surface area contributed by atoms with Crippen molar-refractivity contribution in [3.63, 3.8) is 0 Å². The molecule has 1 fully saturated rings. The fourth-order valence-electron chi connectivity index (χ4n) is 2.53. The number of hydrogen-bond donors (Lipinski definition) is 0. The summed E-state index contributed by atoms with van der Waals surface area (Å²) in [6.45, 7) is 4.66. The Balaban J connectivity index is 0.00000841. The maximum absolute atomic E-state index is 12.4. The van der Waals surface area contributed by atoms with Crippen LogP contribution in [0.25, 0.3) is 0 Å². The monoisotopic (exact) mass is 498 g/mol. The third-order valence-corrected chi connectivity index (χ3v) is 8.58. The van der Waals surface area contributed by atoms with Gasteiger partial charge in [0, 0.05) is 31.6 Å². The summed E-state index contributed by atoms with van der Waals surface area (Å²) in [5, 5.41) is -2.13. The van der Waals surface area contributed by atoms with E-state index in [-0.39, 0.29) is 55.7 Å². The molecule has 0 saturated carbocycles. The number of sulfone groups is 2. The average Bonchev–Trinajstić information content (AvgIpc) is 2.64. The summed E-state index contributed by atoms with van der Waals surface area (Å²) >= 11 is 0. The van der Waals surface area contributed by atoms with Crippen LogP contribution in [0.5, 0.6) is 0 Å². The number of hydrogen-bond acceptors (Lipinski definition) is 10. The van der Waals surface area contributed by atoms with Crippen LogP contribution >= 0.6 is 0 Å². The standard InChI is InChI=1S/C14H24N2O10S3.Na/c1-4-27(19,20)11(2)13(17)15-5-7-16(8-6-15)14(18)12(3)28(21,22)10-9-26-29(23,24)25;/h4,11-12H,1,5-10H2,2-3H3,(H,23,24,25);/q;+1/p-1. The van der Waals surface area contributed by atoms with E-state index in [1.54, 1.807) is 0 Å². The van der Waals surface area contributed by atoms with Crippen LogP contribution in [0.3, 0.4) is 0 Å². The van der Waals surface area contributed by atoms with Gasteiger partial charge in [-0.05, 0) is 13.8 Å². The van der Waals surface area contributed by atoms with Gasteiger partial charge in [0.05, 0.1) is 12.4 Å². The van der Waals surface area contributed by atoms with E-state index >= 15 is 0 Å². The maximum Gasteiger partial charge on any atom is 1.00 e. The molecule has 30 heavy (non-hydrogen) atoms. The van der Waals surface area contributed by atoms with E-state index in [4.69, 9.17) is 0 Å². The van der Waals surface area contributed by atoms with Gasteiger partial charge in [0.1, 0.15) is 10.5 Å². The Labute approximate surface area is 198 Å². The molecule has 1 saturated heterocycles. The van der Waals surface area contributed by atoms with Gasteiger partial charge in [-0.3, -0.25) is 13.8 Å². The molecule has 1 aliphatic heterocycles. The second-order valence-corrected chi connectivity index (χ2v) is 12.0. The first-order valence-corrected chi connectivity index (χ1v) is 13.0. The SMILES string of the molecule is C=CS(=O)(=O)C(C)C(=O)N1CCN(C(=O)C(C)S(=O)(=O)CCOS(=O)(=O)[O-])CC1.[Na+]. The summed E-state index contributed by atoms with van der Waals surface area (Å²) in [5.41, 5.74) is 0.